The van der Waals surface area contributed by atoms with Crippen molar-refractivity contribution in [1.82, 2.24) is 15.0 Å². The van der Waals surface area contributed by atoms with Gasteiger partial charge in [0, 0.05) is 30.9 Å². The monoisotopic (exact) mass is 254 g/mol. The van der Waals surface area contributed by atoms with Crippen molar-refractivity contribution in [3.05, 3.63) is 35.7 Å². The number of aryl methyl sites for hydroxylation is 1. The van der Waals surface area contributed by atoms with Crippen molar-refractivity contribution in [3.8, 4) is 11.5 Å². The van der Waals surface area contributed by atoms with Gasteiger partial charge in [0.1, 0.15) is 11.5 Å². The predicted molar refractivity (Wildman–Crippen MR) is 76.2 cm³/mol. The SMILES string of the molecule is CCc1cccnc1-c1nc(NC)cc(C2CC2)n1. The third kappa shape index (κ3) is 2.43. The normalized spacial score (nSPS) is 14.4. The van der Waals surface area contributed by atoms with Crippen LogP contribution >= 0.6 is 0 Å². The molecule has 1 fully saturated rings. The van der Waals surface area contributed by atoms with Crippen LogP contribution in [-0.2, 0) is 6.42 Å². The molecule has 19 heavy (non-hydrogen) atoms. The van der Waals surface area contributed by atoms with Gasteiger partial charge in [-0.1, -0.05) is 13.0 Å². The number of hydrogen-bond donors (Lipinski definition) is 1. The Bertz CT molecular complexity index is 590. The van der Waals surface area contributed by atoms with E-state index in [0.717, 1.165) is 29.5 Å². The largest absolute Gasteiger partial charge is 0.373 e. The quantitative estimate of drug-likeness (QED) is 0.911. The first kappa shape index (κ1) is 12.1. The van der Waals surface area contributed by atoms with Crippen LogP contribution in [0.1, 0.15) is 36.9 Å². The summed E-state index contributed by atoms with van der Waals surface area (Å²) in [6.45, 7) is 2.13. The van der Waals surface area contributed by atoms with E-state index in [2.05, 4.69) is 34.3 Å². The fourth-order valence-corrected chi connectivity index (χ4v) is 2.21. The van der Waals surface area contributed by atoms with Gasteiger partial charge < -0.3 is 5.32 Å². The van der Waals surface area contributed by atoms with Gasteiger partial charge in [-0.15, -0.1) is 0 Å². The number of hydrogen-bond acceptors (Lipinski definition) is 4. The first-order valence-corrected chi connectivity index (χ1v) is 6.82. The van der Waals surface area contributed by atoms with E-state index in [1.165, 1.54) is 18.4 Å². The molecule has 0 amide bonds. The van der Waals surface area contributed by atoms with Crippen molar-refractivity contribution in [1.29, 1.82) is 0 Å². The third-order valence-corrected chi connectivity index (χ3v) is 3.48. The van der Waals surface area contributed by atoms with Crippen LogP contribution < -0.4 is 5.32 Å². The van der Waals surface area contributed by atoms with Gasteiger partial charge in [0.2, 0.25) is 0 Å². The molecule has 1 aliphatic carbocycles. The van der Waals surface area contributed by atoms with E-state index in [0.29, 0.717) is 5.92 Å². The van der Waals surface area contributed by atoms with Crippen molar-refractivity contribution < 1.29 is 0 Å². The highest BCUT2D eigenvalue weighted by Gasteiger charge is 2.26. The Morgan fingerprint density at radius 2 is 2.16 bits per heavy atom. The average molecular weight is 254 g/mol. The second-order valence-electron chi connectivity index (χ2n) is 4.89. The average Bonchev–Trinajstić information content (AvgIpc) is 3.31. The standard InChI is InChI=1S/C15H18N4/c1-3-10-5-4-8-17-14(10)15-18-12(11-6-7-11)9-13(16-2)19-15/h4-5,8-9,11H,3,6-7H2,1-2H3,(H,16,18,19). The first-order chi connectivity index (χ1) is 9.31. The Labute approximate surface area is 113 Å². The van der Waals surface area contributed by atoms with Crippen LogP contribution in [0.2, 0.25) is 0 Å². The zero-order valence-corrected chi connectivity index (χ0v) is 11.3. The van der Waals surface area contributed by atoms with Gasteiger partial charge in [-0.2, -0.15) is 0 Å². The summed E-state index contributed by atoms with van der Waals surface area (Å²) in [6, 6.07) is 6.11. The van der Waals surface area contributed by atoms with Crippen LogP contribution in [0.25, 0.3) is 11.5 Å². The number of nitrogens with zero attached hydrogens (tertiary/aromatic N) is 3. The molecule has 2 heterocycles. The molecular formula is C15H18N4. The molecule has 98 valence electrons. The maximum atomic E-state index is 4.71. The lowest BCUT2D eigenvalue weighted by atomic mass is 10.1. The fourth-order valence-electron chi connectivity index (χ4n) is 2.21. The minimum atomic E-state index is 0.614. The van der Waals surface area contributed by atoms with E-state index < -0.39 is 0 Å². The first-order valence-electron chi connectivity index (χ1n) is 6.82. The van der Waals surface area contributed by atoms with Crippen LogP contribution in [0, 0.1) is 0 Å². The number of aromatic nitrogens is 3. The number of nitrogens with one attached hydrogen (secondary N) is 1. The molecule has 4 nitrogen and oxygen atoms in total. The van der Waals surface area contributed by atoms with Crippen molar-refractivity contribution >= 4 is 5.82 Å². The summed E-state index contributed by atoms with van der Waals surface area (Å²) in [4.78, 5) is 13.7. The molecule has 0 radical (unpaired) electrons. The number of pyridine rings is 1. The Hall–Kier alpha value is -1.97. The zero-order valence-electron chi connectivity index (χ0n) is 11.3. The summed E-state index contributed by atoms with van der Waals surface area (Å²) in [6.07, 6.45) is 5.22. The molecule has 0 atom stereocenters. The highest BCUT2D eigenvalue weighted by Crippen LogP contribution is 2.40. The summed E-state index contributed by atoms with van der Waals surface area (Å²) < 4.78 is 0. The summed E-state index contributed by atoms with van der Waals surface area (Å²) in [5.74, 6) is 2.23. The molecule has 0 unspecified atom stereocenters. The van der Waals surface area contributed by atoms with Gasteiger partial charge in [-0.3, -0.25) is 4.98 Å². The van der Waals surface area contributed by atoms with Crippen molar-refractivity contribution in [2.75, 3.05) is 12.4 Å². The molecule has 1 aliphatic rings. The number of anilines is 1. The van der Waals surface area contributed by atoms with Crippen LogP contribution in [0.5, 0.6) is 0 Å². The lowest BCUT2D eigenvalue weighted by molar-refractivity contribution is 0.979. The molecule has 0 aromatic carbocycles. The summed E-state index contributed by atoms with van der Waals surface area (Å²) in [7, 11) is 1.89. The maximum Gasteiger partial charge on any atom is 0.180 e. The van der Waals surface area contributed by atoms with Gasteiger partial charge in [0.05, 0.1) is 0 Å². The third-order valence-electron chi connectivity index (χ3n) is 3.48. The van der Waals surface area contributed by atoms with E-state index in [4.69, 9.17) is 4.98 Å². The molecular weight excluding hydrogens is 236 g/mol. The molecule has 4 heteroatoms. The van der Waals surface area contributed by atoms with Crippen LogP contribution in [0.15, 0.2) is 24.4 Å². The van der Waals surface area contributed by atoms with E-state index in [9.17, 15) is 0 Å². The van der Waals surface area contributed by atoms with Gasteiger partial charge in [-0.05, 0) is 30.9 Å². The Morgan fingerprint density at radius 3 is 2.84 bits per heavy atom. The zero-order chi connectivity index (χ0) is 13.2. The van der Waals surface area contributed by atoms with Gasteiger partial charge in [-0.25, -0.2) is 9.97 Å². The van der Waals surface area contributed by atoms with Crippen molar-refractivity contribution in [2.45, 2.75) is 32.1 Å². The molecule has 0 bridgehead atoms. The van der Waals surface area contributed by atoms with Gasteiger partial charge in [0.15, 0.2) is 5.82 Å². The van der Waals surface area contributed by atoms with Crippen molar-refractivity contribution in [2.24, 2.45) is 0 Å². The van der Waals surface area contributed by atoms with Gasteiger partial charge in [0.25, 0.3) is 0 Å². The Kier molecular flexibility index (Phi) is 3.15. The van der Waals surface area contributed by atoms with Crippen LogP contribution in [-0.4, -0.2) is 22.0 Å². The lowest BCUT2D eigenvalue weighted by Gasteiger charge is -2.09. The lowest BCUT2D eigenvalue weighted by Crippen LogP contribution is -2.02. The number of rotatable bonds is 4. The Balaban J connectivity index is 2.10. The minimum absolute atomic E-state index is 0.614. The fraction of sp³-hybridized carbons (Fsp3) is 0.400. The molecule has 3 rings (SSSR count). The molecule has 0 saturated heterocycles. The highest BCUT2D eigenvalue weighted by molar-refractivity contribution is 5.57. The molecule has 1 saturated carbocycles. The van der Waals surface area contributed by atoms with Crippen LogP contribution in [0.3, 0.4) is 0 Å². The Morgan fingerprint density at radius 1 is 1.32 bits per heavy atom. The van der Waals surface area contributed by atoms with Gasteiger partial charge >= 0.3 is 0 Å². The van der Waals surface area contributed by atoms with E-state index >= 15 is 0 Å². The molecule has 2 aromatic rings. The molecule has 1 N–H and O–H groups in total. The van der Waals surface area contributed by atoms with Crippen molar-refractivity contribution in [3.63, 3.8) is 0 Å². The summed E-state index contributed by atoms with van der Waals surface area (Å²) in [5.41, 5.74) is 3.24. The summed E-state index contributed by atoms with van der Waals surface area (Å²) >= 11 is 0. The summed E-state index contributed by atoms with van der Waals surface area (Å²) in [5, 5.41) is 3.12. The smallest absolute Gasteiger partial charge is 0.180 e. The second-order valence-corrected chi connectivity index (χ2v) is 4.89. The molecule has 0 aliphatic heterocycles. The minimum Gasteiger partial charge on any atom is -0.373 e. The van der Waals surface area contributed by atoms with Crippen LogP contribution in [0.4, 0.5) is 5.82 Å². The predicted octanol–water partition coefficient (Wildman–Crippen LogP) is 3.02. The second kappa shape index (κ2) is 4.96. The highest BCUT2D eigenvalue weighted by atomic mass is 15.0. The van der Waals surface area contributed by atoms with E-state index in [1.54, 1.807) is 6.20 Å². The van der Waals surface area contributed by atoms with E-state index in [1.807, 2.05) is 13.1 Å². The van der Waals surface area contributed by atoms with E-state index in [-0.39, 0.29) is 0 Å². The molecule has 2 aromatic heterocycles. The maximum absolute atomic E-state index is 4.71. The molecule has 0 spiro atoms. The topological polar surface area (TPSA) is 50.7 Å².